The molecular weight excluding hydrogens is 525 g/mol. The number of ether oxygens (including phenoxy) is 2. The van der Waals surface area contributed by atoms with Gasteiger partial charge in [0.2, 0.25) is 0 Å². The van der Waals surface area contributed by atoms with E-state index in [9.17, 15) is 4.39 Å². The molecule has 0 atom stereocenters. The molecule has 0 spiro atoms. The van der Waals surface area contributed by atoms with E-state index in [1.54, 1.807) is 30.1 Å². The molecule has 41 heavy (non-hydrogen) atoms. The zero-order chi connectivity index (χ0) is 28.3. The van der Waals surface area contributed by atoms with Gasteiger partial charge in [0.1, 0.15) is 23.9 Å². The molecule has 0 saturated carbocycles. The van der Waals surface area contributed by atoms with Gasteiger partial charge in [-0.25, -0.2) is 9.37 Å². The first-order valence-corrected chi connectivity index (χ1v) is 13.9. The highest BCUT2D eigenvalue weighted by Gasteiger charge is 2.18. The predicted octanol–water partition coefficient (Wildman–Crippen LogP) is 4.27. The van der Waals surface area contributed by atoms with Crippen LogP contribution in [0.4, 0.5) is 4.39 Å². The molecule has 0 bridgehead atoms. The molecule has 6 rings (SSSR count). The molecule has 2 aromatic carbocycles. The van der Waals surface area contributed by atoms with Crippen molar-refractivity contribution in [1.82, 2.24) is 34.6 Å². The van der Waals surface area contributed by atoms with Gasteiger partial charge in [-0.1, -0.05) is 22.5 Å². The minimum atomic E-state index is -0.392. The van der Waals surface area contributed by atoms with Gasteiger partial charge in [-0.15, -0.1) is 5.10 Å². The molecule has 1 aliphatic heterocycles. The molecule has 3 aromatic heterocycles. The third-order valence-corrected chi connectivity index (χ3v) is 7.55. The third-order valence-electron chi connectivity index (χ3n) is 7.55. The van der Waals surface area contributed by atoms with E-state index in [1.807, 2.05) is 19.9 Å². The normalized spacial score (nSPS) is 14.2. The molecule has 5 aromatic rings. The fourth-order valence-electron chi connectivity index (χ4n) is 5.42. The number of nitrogens with zero attached hydrogens (tertiary/aromatic N) is 7. The lowest BCUT2D eigenvalue weighted by molar-refractivity contribution is 0.0364. The number of aromatic nitrogens is 6. The predicted molar refractivity (Wildman–Crippen MR) is 151 cm³/mol. The summed E-state index contributed by atoms with van der Waals surface area (Å²) in [5.74, 6) is 1.58. The highest BCUT2D eigenvalue weighted by Crippen LogP contribution is 2.30. The van der Waals surface area contributed by atoms with Gasteiger partial charge in [-0.05, 0) is 55.7 Å². The molecule has 214 valence electrons. The van der Waals surface area contributed by atoms with Gasteiger partial charge in [0.15, 0.2) is 11.6 Å². The minimum absolute atomic E-state index is 0.160. The van der Waals surface area contributed by atoms with Gasteiger partial charge >= 0.3 is 0 Å². The lowest BCUT2D eigenvalue weighted by atomic mass is 10.0. The Balaban J connectivity index is 1.22. The van der Waals surface area contributed by atoms with Crippen LogP contribution in [-0.4, -0.2) is 67.4 Å². The van der Waals surface area contributed by atoms with Gasteiger partial charge in [0, 0.05) is 45.2 Å². The summed E-state index contributed by atoms with van der Waals surface area (Å²) < 4.78 is 35.3. The van der Waals surface area contributed by atoms with Crippen molar-refractivity contribution in [1.29, 1.82) is 0 Å². The van der Waals surface area contributed by atoms with E-state index >= 15 is 0 Å². The number of hydrogen-bond acceptors (Lipinski definition) is 8. The van der Waals surface area contributed by atoms with Crippen LogP contribution in [-0.2, 0) is 37.8 Å². The van der Waals surface area contributed by atoms with Gasteiger partial charge in [-0.2, -0.15) is 0 Å². The van der Waals surface area contributed by atoms with Crippen molar-refractivity contribution in [3.05, 3.63) is 76.9 Å². The summed E-state index contributed by atoms with van der Waals surface area (Å²) in [5, 5.41) is 12.0. The molecule has 0 aliphatic carbocycles. The summed E-state index contributed by atoms with van der Waals surface area (Å²) in [6.45, 7) is 9.17. The SMILES string of the molecule is Cc1noc(C)c1-c1ccc2c(c1)nc(CCc1ccc(OCc3cn(C)nn3)c(F)c1)n2CCN1CCOCC1. The van der Waals surface area contributed by atoms with Crippen molar-refractivity contribution in [2.45, 2.75) is 39.8 Å². The smallest absolute Gasteiger partial charge is 0.165 e. The topological polar surface area (TPSA) is 96.3 Å². The first kappa shape index (κ1) is 27.1. The number of aryl methyl sites for hydroxylation is 5. The zero-order valence-electron chi connectivity index (χ0n) is 23.6. The van der Waals surface area contributed by atoms with Crippen LogP contribution in [0.5, 0.6) is 5.75 Å². The zero-order valence-corrected chi connectivity index (χ0v) is 23.6. The van der Waals surface area contributed by atoms with Gasteiger partial charge in [0.25, 0.3) is 0 Å². The van der Waals surface area contributed by atoms with Gasteiger partial charge in [0.05, 0.1) is 36.1 Å². The van der Waals surface area contributed by atoms with Crippen molar-refractivity contribution in [2.75, 3.05) is 32.8 Å². The second-order valence-corrected chi connectivity index (χ2v) is 10.5. The molecule has 0 unspecified atom stereocenters. The van der Waals surface area contributed by atoms with Crippen LogP contribution in [0, 0.1) is 19.7 Å². The fraction of sp³-hybridized carbons (Fsp3) is 0.400. The van der Waals surface area contributed by atoms with Crippen LogP contribution in [0.15, 0.2) is 47.1 Å². The first-order chi connectivity index (χ1) is 19.9. The second-order valence-electron chi connectivity index (χ2n) is 10.5. The Morgan fingerprint density at radius 1 is 1.02 bits per heavy atom. The number of fused-ring (bicyclic) bond motifs is 1. The Morgan fingerprint density at radius 3 is 2.61 bits per heavy atom. The lowest BCUT2D eigenvalue weighted by Gasteiger charge is -2.27. The van der Waals surface area contributed by atoms with Gasteiger partial charge < -0.3 is 18.6 Å². The second kappa shape index (κ2) is 11.8. The van der Waals surface area contributed by atoms with Crippen molar-refractivity contribution in [3.63, 3.8) is 0 Å². The summed E-state index contributed by atoms with van der Waals surface area (Å²) in [6, 6.07) is 11.5. The van der Waals surface area contributed by atoms with Crippen LogP contribution in [0.2, 0.25) is 0 Å². The molecule has 11 heteroatoms. The molecule has 4 heterocycles. The monoisotopic (exact) mass is 559 g/mol. The highest BCUT2D eigenvalue weighted by atomic mass is 19.1. The van der Waals surface area contributed by atoms with Crippen LogP contribution in [0.25, 0.3) is 22.2 Å². The van der Waals surface area contributed by atoms with E-state index in [1.165, 1.54) is 0 Å². The molecule has 0 N–H and O–H groups in total. The van der Waals surface area contributed by atoms with Gasteiger partial charge in [-0.3, -0.25) is 9.58 Å². The van der Waals surface area contributed by atoms with Crippen LogP contribution < -0.4 is 4.74 Å². The summed E-state index contributed by atoms with van der Waals surface area (Å²) >= 11 is 0. The maximum absolute atomic E-state index is 14.9. The average Bonchev–Trinajstić information content (AvgIpc) is 3.66. The van der Waals surface area contributed by atoms with Crippen molar-refractivity contribution >= 4 is 11.0 Å². The quantitative estimate of drug-likeness (QED) is 0.250. The maximum atomic E-state index is 14.9. The van der Waals surface area contributed by atoms with Crippen molar-refractivity contribution in [2.24, 2.45) is 7.05 Å². The Kier molecular flexibility index (Phi) is 7.80. The average molecular weight is 560 g/mol. The number of rotatable bonds is 10. The number of halogens is 1. The fourth-order valence-corrected chi connectivity index (χ4v) is 5.42. The number of hydrogen-bond donors (Lipinski definition) is 0. The largest absolute Gasteiger partial charge is 0.484 e. The van der Waals surface area contributed by atoms with Crippen molar-refractivity contribution < 1.29 is 18.4 Å². The van der Waals surface area contributed by atoms with E-state index in [2.05, 4.69) is 43.1 Å². The van der Waals surface area contributed by atoms with Crippen molar-refractivity contribution in [3.8, 4) is 16.9 Å². The van der Waals surface area contributed by atoms with E-state index in [4.69, 9.17) is 19.0 Å². The summed E-state index contributed by atoms with van der Waals surface area (Å²) in [4.78, 5) is 7.48. The third kappa shape index (κ3) is 6.01. The van der Waals surface area contributed by atoms with Crippen LogP contribution >= 0.6 is 0 Å². The molecule has 1 fully saturated rings. The molecular formula is C30H34FN7O3. The van der Waals surface area contributed by atoms with Crippen LogP contribution in [0.1, 0.15) is 28.5 Å². The summed E-state index contributed by atoms with van der Waals surface area (Å²) in [5.41, 5.74) is 6.45. The Hall–Kier alpha value is -4.09. The van der Waals surface area contributed by atoms with E-state index in [0.29, 0.717) is 18.5 Å². The van der Waals surface area contributed by atoms with E-state index in [0.717, 1.165) is 84.4 Å². The number of benzene rings is 2. The van der Waals surface area contributed by atoms with Crippen LogP contribution in [0.3, 0.4) is 0 Å². The molecule has 1 saturated heterocycles. The molecule has 0 amide bonds. The van der Waals surface area contributed by atoms with E-state index < -0.39 is 5.82 Å². The lowest BCUT2D eigenvalue weighted by Crippen LogP contribution is -2.38. The Bertz CT molecular complexity index is 1630. The van der Waals surface area contributed by atoms with E-state index in [-0.39, 0.29) is 12.4 Å². The minimum Gasteiger partial charge on any atom is -0.484 e. The molecule has 1 aliphatic rings. The molecule has 0 radical (unpaired) electrons. The standard InChI is InChI=1S/C30H34FN7O3/c1-20-30(21(2)41-34-20)23-6-7-27-26(17-23)32-29(38(27)11-10-37-12-14-39-15-13-37)9-5-22-4-8-28(25(31)16-22)40-19-24-18-36(3)35-33-24/h4,6-8,16-18H,5,9-15,19H2,1-3H3. The number of imidazole rings is 1. The highest BCUT2D eigenvalue weighted by molar-refractivity contribution is 5.83. The first-order valence-electron chi connectivity index (χ1n) is 13.9. The Morgan fingerprint density at radius 2 is 1.88 bits per heavy atom. The number of morpholine rings is 1. The summed E-state index contributed by atoms with van der Waals surface area (Å²) in [7, 11) is 1.78. The Labute approximate surface area is 237 Å². The molecule has 10 nitrogen and oxygen atoms in total. The maximum Gasteiger partial charge on any atom is 0.165 e. The summed E-state index contributed by atoms with van der Waals surface area (Å²) in [6.07, 6.45) is 3.07.